The van der Waals surface area contributed by atoms with E-state index in [0.29, 0.717) is 13.2 Å². The van der Waals surface area contributed by atoms with Crippen molar-refractivity contribution in [3.8, 4) is 0 Å². The third-order valence-electron chi connectivity index (χ3n) is 1.47. The van der Waals surface area contributed by atoms with Gasteiger partial charge in [0.25, 0.3) is 10.1 Å². The molecule has 1 atom stereocenters. The van der Waals surface area contributed by atoms with Crippen LogP contribution in [0.4, 0.5) is 0 Å². The quantitative estimate of drug-likeness (QED) is 0.327. The first kappa shape index (κ1) is 19.6. The van der Waals surface area contributed by atoms with Gasteiger partial charge in [0.2, 0.25) is 0 Å². The molecule has 0 amide bonds. The number of ether oxygens (including phenoxy) is 1. The van der Waals surface area contributed by atoms with Crippen LogP contribution in [0, 0.1) is 0 Å². The summed E-state index contributed by atoms with van der Waals surface area (Å²) in [6, 6.07) is 0. The van der Waals surface area contributed by atoms with E-state index in [2.05, 4.69) is 13.2 Å². The van der Waals surface area contributed by atoms with Crippen molar-refractivity contribution >= 4 is 22.1 Å². The Morgan fingerprint density at radius 3 is 1.74 bits per heavy atom. The monoisotopic (exact) mass is 296 g/mol. The van der Waals surface area contributed by atoms with Crippen LogP contribution < -0.4 is 0 Å². The molecule has 0 aliphatic heterocycles. The van der Waals surface area contributed by atoms with E-state index in [1.54, 1.807) is 12.2 Å². The molecule has 0 bridgehead atoms. The highest BCUT2D eigenvalue weighted by atomic mass is 32.2. The fourth-order valence-corrected chi connectivity index (χ4v) is 1.32. The van der Waals surface area contributed by atoms with Crippen LogP contribution in [0.5, 0.6) is 0 Å². The molecule has 0 saturated heterocycles. The van der Waals surface area contributed by atoms with E-state index in [0.717, 1.165) is 0 Å². The number of aliphatic carboxylic acids is 2. The normalized spacial score (nSPS) is 11.6. The molecule has 8 nitrogen and oxygen atoms in total. The third kappa shape index (κ3) is 12.5. The first-order chi connectivity index (χ1) is 8.66. The molecule has 0 aromatic rings. The number of hydrogen-bond donors (Lipinski definition) is 3. The van der Waals surface area contributed by atoms with Crippen LogP contribution in [0.25, 0.3) is 0 Å². The van der Waals surface area contributed by atoms with Crippen molar-refractivity contribution in [3.05, 3.63) is 25.3 Å². The molecule has 0 fully saturated rings. The van der Waals surface area contributed by atoms with Crippen molar-refractivity contribution < 1.29 is 37.5 Å². The van der Waals surface area contributed by atoms with Gasteiger partial charge in [-0.3, -0.25) is 14.1 Å². The van der Waals surface area contributed by atoms with E-state index in [1.165, 1.54) is 0 Å². The SMILES string of the molecule is C=CCOCC=C.O=C(O)CC(C(=O)O)S(=O)(=O)O. The van der Waals surface area contributed by atoms with E-state index >= 15 is 0 Å². The zero-order valence-electron chi connectivity index (χ0n) is 10.1. The van der Waals surface area contributed by atoms with Crippen molar-refractivity contribution in [1.29, 1.82) is 0 Å². The first-order valence-electron chi connectivity index (χ1n) is 4.87. The standard InChI is InChI=1S/C6H10O.C4H6O7S/c1-3-5-7-6-4-2;5-3(6)1-2(4(7)8)12(9,10)11/h3-4H,1-2,5-6H2;2H,1H2,(H,5,6)(H,7,8)(H,9,10,11). The van der Waals surface area contributed by atoms with Crippen LogP contribution in [0.3, 0.4) is 0 Å². The molecule has 0 aromatic carbocycles. The minimum atomic E-state index is -4.84. The average Bonchev–Trinajstić information content (AvgIpc) is 2.25. The lowest BCUT2D eigenvalue weighted by Crippen LogP contribution is -2.31. The predicted octanol–water partition coefficient (Wildman–Crippen LogP) is 0.177. The number of carboxylic acid groups (broad SMARTS) is 2. The predicted molar refractivity (Wildman–Crippen MR) is 66.4 cm³/mol. The highest BCUT2D eigenvalue weighted by Crippen LogP contribution is 2.04. The highest BCUT2D eigenvalue weighted by molar-refractivity contribution is 7.87. The molecule has 0 aliphatic rings. The van der Waals surface area contributed by atoms with E-state index < -0.39 is 33.7 Å². The largest absolute Gasteiger partial charge is 0.481 e. The second kappa shape index (κ2) is 10.2. The molecule has 0 heterocycles. The molecule has 0 rings (SSSR count). The van der Waals surface area contributed by atoms with E-state index in [9.17, 15) is 18.0 Å². The average molecular weight is 296 g/mol. The van der Waals surface area contributed by atoms with Crippen molar-refractivity contribution in [1.82, 2.24) is 0 Å². The second-order valence-corrected chi connectivity index (χ2v) is 4.65. The van der Waals surface area contributed by atoms with Gasteiger partial charge in [0.15, 0.2) is 5.25 Å². The van der Waals surface area contributed by atoms with Crippen molar-refractivity contribution in [2.24, 2.45) is 0 Å². The van der Waals surface area contributed by atoms with Gasteiger partial charge >= 0.3 is 11.9 Å². The van der Waals surface area contributed by atoms with Gasteiger partial charge in [0, 0.05) is 0 Å². The summed E-state index contributed by atoms with van der Waals surface area (Å²) >= 11 is 0. The van der Waals surface area contributed by atoms with Gasteiger partial charge in [-0.1, -0.05) is 12.2 Å². The summed E-state index contributed by atoms with van der Waals surface area (Å²) in [6.07, 6.45) is 2.27. The van der Waals surface area contributed by atoms with Gasteiger partial charge in [-0.25, -0.2) is 0 Å². The summed E-state index contributed by atoms with van der Waals surface area (Å²) in [6.45, 7) is 8.18. The van der Waals surface area contributed by atoms with Crippen molar-refractivity contribution in [2.75, 3.05) is 13.2 Å². The summed E-state index contributed by atoms with van der Waals surface area (Å²) in [5, 5.41) is 13.9. The molecule has 3 N–H and O–H groups in total. The van der Waals surface area contributed by atoms with Crippen LogP contribution in [0.1, 0.15) is 6.42 Å². The van der Waals surface area contributed by atoms with Crippen molar-refractivity contribution in [3.63, 3.8) is 0 Å². The molecule has 0 aliphatic carbocycles. The van der Waals surface area contributed by atoms with E-state index in [1.807, 2.05) is 0 Å². The number of carbonyl (C=O) groups is 2. The van der Waals surface area contributed by atoms with Gasteiger partial charge < -0.3 is 14.9 Å². The van der Waals surface area contributed by atoms with Crippen molar-refractivity contribution in [2.45, 2.75) is 11.7 Å². The summed E-state index contributed by atoms with van der Waals surface area (Å²) < 4.78 is 33.6. The van der Waals surface area contributed by atoms with Crippen LogP contribution in [0.15, 0.2) is 25.3 Å². The maximum absolute atomic E-state index is 10.2. The number of hydrogen-bond acceptors (Lipinski definition) is 5. The fraction of sp³-hybridized carbons (Fsp3) is 0.400. The number of rotatable bonds is 8. The Kier molecular flexibility index (Phi) is 10.6. The Hall–Kier alpha value is -1.71. The molecule has 0 aromatic heterocycles. The molecular formula is C10H16O8S. The Bertz CT molecular complexity index is 403. The molecular weight excluding hydrogens is 280 g/mol. The Balaban J connectivity index is 0. The Morgan fingerprint density at radius 2 is 1.58 bits per heavy atom. The summed E-state index contributed by atoms with van der Waals surface area (Å²) in [7, 11) is -4.84. The third-order valence-corrected chi connectivity index (χ3v) is 2.55. The van der Waals surface area contributed by atoms with E-state index in [4.69, 9.17) is 19.5 Å². The van der Waals surface area contributed by atoms with Gasteiger partial charge in [-0.15, -0.1) is 13.2 Å². The smallest absolute Gasteiger partial charge is 0.325 e. The van der Waals surface area contributed by atoms with Gasteiger partial charge in [-0.2, -0.15) is 8.42 Å². The molecule has 9 heteroatoms. The lowest BCUT2D eigenvalue weighted by Gasteiger charge is -2.04. The zero-order valence-corrected chi connectivity index (χ0v) is 10.9. The van der Waals surface area contributed by atoms with E-state index in [-0.39, 0.29) is 0 Å². The summed E-state index contributed by atoms with van der Waals surface area (Å²) in [5.74, 6) is -3.50. The Labute approximate surface area is 110 Å². The zero-order chi connectivity index (χ0) is 15.5. The summed E-state index contributed by atoms with van der Waals surface area (Å²) in [5.41, 5.74) is 0. The first-order valence-corrected chi connectivity index (χ1v) is 6.37. The molecule has 0 saturated carbocycles. The summed E-state index contributed by atoms with van der Waals surface area (Å²) in [4.78, 5) is 20.0. The van der Waals surface area contributed by atoms with Gasteiger partial charge in [0.05, 0.1) is 19.6 Å². The minimum absolute atomic E-state index is 0.617. The molecule has 110 valence electrons. The van der Waals surface area contributed by atoms with Crippen LogP contribution in [-0.4, -0.2) is 53.6 Å². The molecule has 0 spiro atoms. The highest BCUT2D eigenvalue weighted by Gasteiger charge is 2.33. The lowest BCUT2D eigenvalue weighted by atomic mass is 10.3. The minimum Gasteiger partial charge on any atom is -0.481 e. The van der Waals surface area contributed by atoms with Crippen LogP contribution in [0.2, 0.25) is 0 Å². The lowest BCUT2D eigenvalue weighted by molar-refractivity contribution is -0.143. The van der Waals surface area contributed by atoms with Gasteiger partial charge in [0.1, 0.15) is 0 Å². The maximum atomic E-state index is 10.2. The molecule has 19 heavy (non-hydrogen) atoms. The molecule has 0 radical (unpaired) electrons. The van der Waals surface area contributed by atoms with Gasteiger partial charge in [-0.05, 0) is 0 Å². The number of carboxylic acids is 2. The van der Waals surface area contributed by atoms with Crippen LogP contribution in [-0.2, 0) is 24.4 Å². The Morgan fingerprint density at radius 1 is 1.16 bits per heavy atom. The maximum Gasteiger partial charge on any atom is 0.325 e. The second-order valence-electron chi connectivity index (χ2n) is 3.05. The van der Waals surface area contributed by atoms with Crippen LogP contribution >= 0.6 is 0 Å². The molecule has 1 unspecified atom stereocenters. The fourth-order valence-electron chi connectivity index (χ4n) is 0.713. The topological polar surface area (TPSA) is 138 Å².